The van der Waals surface area contributed by atoms with E-state index in [9.17, 15) is 0 Å². The highest BCUT2D eigenvalue weighted by Gasteiger charge is 2.11. The highest BCUT2D eigenvalue weighted by atomic mass is 16.5. The lowest BCUT2D eigenvalue weighted by Crippen LogP contribution is -2.01. The molecule has 0 atom stereocenters. The fraction of sp³-hybridized carbons (Fsp3) is 0.500. The molecule has 2 heteroatoms. The quantitative estimate of drug-likeness (QED) is 0.749. The molecule has 0 amide bonds. The molecule has 0 aliphatic rings. The van der Waals surface area contributed by atoms with Crippen molar-refractivity contribution in [2.24, 2.45) is 0 Å². The van der Waals surface area contributed by atoms with E-state index in [-0.39, 0.29) is 0 Å². The second-order valence-corrected chi connectivity index (χ2v) is 3.82. The van der Waals surface area contributed by atoms with Gasteiger partial charge in [-0.05, 0) is 29.5 Å². The van der Waals surface area contributed by atoms with Crippen molar-refractivity contribution in [1.82, 2.24) is 0 Å². The van der Waals surface area contributed by atoms with Crippen molar-refractivity contribution >= 4 is 5.69 Å². The Morgan fingerprint density at radius 1 is 1.36 bits per heavy atom. The van der Waals surface area contributed by atoms with E-state index in [0.29, 0.717) is 5.92 Å². The number of hydrogen-bond acceptors (Lipinski definition) is 2. The van der Waals surface area contributed by atoms with Crippen LogP contribution in [0.5, 0.6) is 5.75 Å². The molecule has 1 aromatic carbocycles. The first kappa shape index (κ1) is 10.9. The lowest BCUT2D eigenvalue weighted by Gasteiger charge is -2.15. The van der Waals surface area contributed by atoms with Gasteiger partial charge in [-0.3, -0.25) is 0 Å². The minimum absolute atomic E-state index is 0.443. The minimum Gasteiger partial charge on any atom is -0.494 e. The monoisotopic (exact) mass is 193 g/mol. The van der Waals surface area contributed by atoms with Gasteiger partial charge in [0.1, 0.15) is 5.75 Å². The summed E-state index contributed by atoms with van der Waals surface area (Å²) in [5, 5.41) is 0. The standard InChI is InChI=1S/C12H19NO/c1-5-9-6-10(8(2)3)12(14-4)11(13)7-9/h6-8H,5,13H2,1-4H3. The second kappa shape index (κ2) is 4.36. The average Bonchev–Trinajstić information content (AvgIpc) is 2.16. The van der Waals surface area contributed by atoms with Gasteiger partial charge >= 0.3 is 0 Å². The van der Waals surface area contributed by atoms with Crippen molar-refractivity contribution in [2.75, 3.05) is 12.8 Å². The minimum atomic E-state index is 0.443. The van der Waals surface area contributed by atoms with Gasteiger partial charge in [0, 0.05) is 0 Å². The first-order valence-electron chi connectivity index (χ1n) is 5.06. The molecule has 0 aliphatic carbocycles. The number of rotatable bonds is 3. The van der Waals surface area contributed by atoms with Gasteiger partial charge in [-0.2, -0.15) is 0 Å². The van der Waals surface area contributed by atoms with Crippen LogP contribution < -0.4 is 10.5 Å². The molecule has 2 N–H and O–H groups in total. The molecule has 0 saturated carbocycles. The Balaban J connectivity index is 3.28. The summed E-state index contributed by atoms with van der Waals surface area (Å²) in [6.07, 6.45) is 1.01. The van der Waals surface area contributed by atoms with E-state index in [1.165, 1.54) is 11.1 Å². The topological polar surface area (TPSA) is 35.2 Å². The number of aryl methyl sites for hydroxylation is 1. The summed E-state index contributed by atoms with van der Waals surface area (Å²) in [6, 6.07) is 4.17. The average molecular weight is 193 g/mol. The third-order valence-corrected chi connectivity index (χ3v) is 2.44. The van der Waals surface area contributed by atoms with Crippen molar-refractivity contribution in [3.63, 3.8) is 0 Å². The Bertz CT molecular complexity index is 318. The van der Waals surface area contributed by atoms with Crippen LogP contribution in [-0.2, 0) is 6.42 Å². The van der Waals surface area contributed by atoms with Crippen LogP contribution in [0.1, 0.15) is 37.8 Å². The van der Waals surface area contributed by atoms with Gasteiger partial charge in [-0.25, -0.2) is 0 Å². The Morgan fingerprint density at radius 2 is 2.00 bits per heavy atom. The van der Waals surface area contributed by atoms with Crippen LogP contribution in [0.2, 0.25) is 0 Å². The van der Waals surface area contributed by atoms with Crippen LogP contribution in [0, 0.1) is 0 Å². The fourth-order valence-electron chi connectivity index (χ4n) is 1.61. The summed E-state index contributed by atoms with van der Waals surface area (Å²) in [5.41, 5.74) is 9.14. The molecule has 0 saturated heterocycles. The molecule has 0 bridgehead atoms. The third kappa shape index (κ3) is 2.00. The Morgan fingerprint density at radius 3 is 2.43 bits per heavy atom. The zero-order valence-corrected chi connectivity index (χ0v) is 9.42. The number of nitrogens with two attached hydrogens (primary N) is 1. The van der Waals surface area contributed by atoms with Crippen molar-refractivity contribution in [3.8, 4) is 5.75 Å². The van der Waals surface area contributed by atoms with Gasteiger partial charge in [0.05, 0.1) is 12.8 Å². The SMILES string of the molecule is CCc1cc(N)c(OC)c(C(C)C)c1. The molecule has 0 spiro atoms. The van der Waals surface area contributed by atoms with Crippen LogP contribution >= 0.6 is 0 Å². The number of nitrogen functional groups attached to an aromatic ring is 1. The number of anilines is 1. The number of benzene rings is 1. The highest BCUT2D eigenvalue weighted by Crippen LogP contribution is 2.33. The molecule has 1 rings (SSSR count). The van der Waals surface area contributed by atoms with Crippen LogP contribution in [0.3, 0.4) is 0 Å². The van der Waals surface area contributed by atoms with Gasteiger partial charge in [0.15, 0.2) is 0 Å². The predicted molar refractivity (Wildman–Crippen MR) is 60.9 cm³/mol. The van der Waals surface area contributed by atoms with Crippen LogP contribution in [-0.4, -0.2) is 7.11 Å². The van der Waals surface area contributed by atoms with Crippen LogP contribution in [0.25, 0.3) is 0 Å². The lowest BCUT2D eigenvalue weighted by molar-refractivity contribution is 0.409. The van der Waals surface area contributed by atoms with E-state index in [1.54, 1.807) is 7.11 Å². The van der Waals surface area contributed by atoms with Gasteiger partial charge < -0.3 is 10.5 Å². The molecule has 0 unspecified atom stereocenters. The van der Waals surface area contributed by atoms with Gasteiger partial charge in [0.25, 0.3) is 0 Å². The first-order chi connectivity index (χ1) is 6.60. The molecule has 0 aliphatic heterocycles. The first-order valence-corrected chi connectivity index (χ1v) is 5.06. The predicted octanol–water partition coefficient (Wildman–Crippen LogP) is 2.96. The summed E-state index contributed by atoms with van der Waals surface area (Å²) in [7, 11) is 1.67. The zero-order valence-electron chi connectivity index (χ0n) is 9.42. The van der Waals surface area contributed by atoms with E-state index in [2.05, 4.69) is 26.8 Å². The Hall–Kier alpha value is -1.18. The van der Waals surface area contributed by atoms with Gasteiger partial charge in [-0.15, -0.1) is 0 Å². The van der Waals surface area contributed by atoms with E-state index in [0.717, 1.165) is 17.9 Å². The van der Waals surface area contributed by atoms with Crippen molar-refractivity contribution in [1.29, 1.82) is 0 Å². The molecule has 2 nitrogen and oxygen atoms in total. The summed E-state index contributed by atoms with van der Waals surface area (Å²) in [6.45, 7) is 6.43. The Labute approximate surface area is 86.1 Å². The molecule has 1 aromatic rings. The van der Waals surface area contributed by atoms with Crippen molar-refractivity contribution in [2.45, 2.75) is 33.1 Å². The zero-order chi connectivity index (χ0) is 10.7. The van der Waals surface area contributed by atoms with Crippen molar-refractivity contribution in [3.05, 3.63) is 23.3 Å². The maximum atomic E-state index is 5.92. The molecule has 78 valence electrons. The van der Waals surface area contributed by atoms with E-state index in [4.69, 9.17) is 10.5 Å². The van der Waals surface area contributed by atoms with Crippen LogP contribution in [0.4, 0.5) is 5.69 Å². The molecule has 0 fully saturated rings. The van der Waals surface area contributed by atoms with Crippen molar-refractivity contribution < 1.29 is 4.74 Å². The molecular formula is C12H19NO. The summed E-state index contributed by atoms with van der Waals surface area (Å²) >= 11 is 0. The van der Waals surface area contributed by atoms with E-state index < -0.39 is 0 Å². The lowest BCUT2D eigenvalue weighted by atomic mass is 9.97. The summed E-state index contributed by atoms with van der Waals surface area (Å²) in [5.74, 6) is 1.27. The van der Waals surface area contributed by atoms with Crippen LogP contribution in [0.15, 0.2) is 12.1 Å². The number of hydrogen-bond donors (Lipinski definition) is 1. The fourth-order valence-corrected chi connectivity index (χ4v) is 1.61. The molecule has 14 heavy (non-hydrogen) atoms. The van der Waals surface area contributed by atoms with Gasteiger partial charge in [0.2, 0.25) is 0 Å². The smallest absolute Gasteiger partial charge is 0.145 e. The maximum Gasteiger partial charge on any atom is 0.145 e. The molecule has 0 radical (unpaired) electrons. The molecular weight excluding hydrogens is 174 g/mol. The molecule has 0 aromatic heterocycles. The van der Waals surface area contributed by atoms with E-state index >= 15 is 0 Å². The third-order valence-electron chi connectivity index (χ3n) is 2.44. The summed E-state index contributed by atoms with van der Waals surface area (Å²) in [4.78, 5) is 0. The van der Waals surface area contributed by atoms with E-state index in [1.807, 2.05) is 6.07 Å². The highest BCUT2D eigenvalue weighted by molar-refractivity contribution is 5.59. The Kier molecular flexibility index (Phi) is 3.39. The number of ether oxygens (including phenoxy) is 1. The molecule has 0 heterocycles. The summed E-state index contributed by atoms with van der Waals surface area (Å²) < 4.78 is 5.31. The van der Waals surface area contributed by atoms with Gasteiger partial charge in [-0.1, -0.05) is 26.8 Å². The largest absolute Gasteiger partial charge is 0.494 e. The normalized spacial score (nSPS) is 10.6. The maximum absolute atomic E-state index is 5.92. The number of methoxy groups -OCH3 is 1. The second-order valence-electron chi connectivity index (χ2n) is 3.82.